The van der Waals surface area contributed by atoms with Crippen LogP contribution in [0, 0.1) is 12.7 Å². The molecule has 6 nitrogen and oxygen atoms in total. The van der Waals surface area contributed by atoms with Crippen LogP contribution in [-0.2, 0) is 6.61 Å². The second kappa shape index (κ2) is 8.06. The number of ether oxygens (including phenoxy) is 1. The molecule has 2 aromatic carbocycles. The highest BCUT2D eigenvalue weighted by atomic mass is 19.1. The third kappa shape index (κ3) is 5.01. The van der Waals surface area contributed by atoms with Crippen LogP contribution in [0.1, 0.15) is 16.8 Å². The molecule has 7 heteroatoms. The molecule has 0 radical (unpaired) electrons. The van der Waals surface area contributed by atoms with E-state index in [2.05, 4.69) is 20.5 Å². The van der Waals surface area contributed by atoms with Crippen molar-refractivity contribution in [2.24, 2.45) is 5.10 Å². The van der Waals surface area contributed by atoms with Crippen molar-refractivity contribution in [2.75, 3.05) is 5.43 Å². The molecule has 0 fully saturated rings. The molecular weight excluding hydrogens is 335 g/mol. The summed E-state index contributed by atoms with van der Waals surface area (Å²) in [7, 11) is 0. The van der Waals surface area contributed by atoms with Gasteiger partial charge in [0.2, 0.25) is 5.95 Å². The van der Waals surface area contributed by atoms with E-state index in [1.54, 1.807) is 25.3 Å². The zero-order valence-corrected chi connectivity index (χ0v) is 14.1. The van der Waals surface area contributed by atoms with Crippen LogP contribution in [0.5, 0.6) is 5.75 Å². The highest BCUT2D eigenvalue weighted by Crippen LogP contribution is 2.14. The summed E-state index contributed by atoms with van der Waals surface area (Å²) in [5.41, 5.74) is 4.73. The highest BCUT2D eigenvalue weighted by Gasteiger charge is 1.99. The molecule has 1 heterocycles. The fourth-order valence-corrected chi connectivity index (χ4v) is 2.23. The Kier molecular flexibility index (Phi) is 5.38. The number of aryl methyl sites for hydroxylation is 1. The van der Waals surface area contributed by atoms with Crippen LogP contribution in [0.4, 0.5) is 10.3 Å². The van der Waals surface area contributed by atoms with Crippen molar-refractivity contribution in [1.82, 2.24) is 9.97 Å². The molecule has 0 saturated carbocycles. The van der Waals surface area contributed by atoms with Gasteiger partial charge in [0.15, 0.2) is 0 Å². The summed E-state index contributed by atoms with van der Waals surface area (Å²) < 4.78 is 18.6. The molecule has 2 N–H and O–H groups in total. The van der Waals surface area contributed by atoms with Crippen molar-refractivity contribution in [1.29, 1.82) is 0 Å². The molecule has 3 aromatic rings. The number of aromatic amines is 1. The number of anilines is 1. The van der Waals surface area contributed by atoms with Gasteiger partial charge < -0.3 is 4.74 Å². The van der Waals surface area contributed by atoms with E-state index in [0.29, 0.717) is 18.1 Å². The summed E-state index contributed by atoms with van der Waals surface area (Å²) in [5.74, 6) is 0.666. The number of benzene rings is 2. The lowest BCUT2D eigenvalue weighted by Crippen LogP contribution is -2.10. The van der Waals surface area contributed by atoms with Gasteiger partial charge in [-0.2, -0.15) is 5.10 Å². The second-order valence-corrected chi connectivity index (χ2v) is 5.59. The first-order valence-electron chi connectivity index (χ1n) is 7.93. The molecule has 0 bridgehead atoms. The quantitative estimate of drug-likeness (QED) is 0.527. The zero-order chi connectivity index (χ0) is 18.4. The van der Waals surface area contributed by atoms with Crippen LogP contribution in [0.15, 0.2) is 64.5 Å². The van der Waals surface area contributed by atoms with Gasteiger partial charge in [-0.15, -0.1) is 0 Å². The largest absolute Gasteiger partial charge is 0.489 e. The molecule has 0 saturated heterocycles. The van der Waals surface area contributed by atoms with Crippen LogP contribution in [0.2, 0.25) is 0 Å². The Balaban J connectivity index is 1.61. The summed E-state index contributed by atoms with van der Waals surface area (Å²) in [4.78, 5) is 18.0. The van der Waals surface area contributed by atoms with E-state index in [4.69, 9.17) is 4.74 Å². The first-order valence-corrected chi connectivity index (χ1v) is 7.93. The molecule has 0 atom stereocenters. The minimum absolute atomic E-state index is 0.244. The van der Waals surface area contributed by atoms with Gasteiger partial charge >= 0.3 is 0 Å². The van der Waals surface area contributed by atoms with Crippen molar-refractivity contribution < 1.29 is 9.13 Å². The number of aromatic nitrogens is 2. The van der Waals surface area contributed by atoms with Crippen LogP contribution >= 0.6 is 0 Å². The maximum absolute atomic E-state index is 12.9. The number of hydrogen-bond donors (Lipinski definition) is 2. The number of hydrazone groups is 1. The molecule has 0 aliphatic carbocycles. The molecule has 3 rings (SSSR count). The number of nitrogens with one attached hydrogen (secondary N) is 2. The van der Waals surface area contributed by atoms with Gasteiger partial charge in [0, 0.05) is 11.8 Å². The van der Waals surface area contributed by atoms with E-state index in [-0.39, 0.29) is 17.3 Å². The van der Waals surface area contributed by atoms with Crippen molar-refractivity contribution in [3.8, 4) is 5.75 Å². The first kappa shape index (κ1) is 17.3. The van der Waals surface area contributed by atoms with Crippen LogP contribution in [0.3, 0.4) is 0 Å². The smallest absolute Gasteiger partial charge is 0.252 e. The van der Waals surface area contributed by atoms with Gasteiger partial charge in [-0.25, -0.2) is 14.8 Å². The molecule has 0 amide bonds. The van der Waals surface area contributed by atoms with Gasteiger partial charge in [-0.1, -0.05) is 24.3 Å². The Morgan fingerprint density at radius 1 is 1.23 bits per heavy atom. The predicted molar refractivity (Wildman–Crippen MR) is 98.0 cm³/mol. The Hall–Kier alpha value is -3.48. The minimum Gasteiger partial charge on any atom is -0.489 e. The average Bonchev–Trinajstić information content (AvgIpc) is 2.61. The Bertz CT molecular complexity index is 968. The maximum atomic E-state index is 12.9. The van der Waals surface area contributed by atoms with Gasteiger partial charge in [0.1, 0.15) is 18.2 Å². The molecular formula is C19H17FN4O2. The molecule has 132 valence electrons. The van der Waals surface area contributed by atoms with Crippen molar-refractivity contribution in [3.63, 3.8) is 0 Å². The SMILES string of the molecule is Cc1cc(=O)[nH]c(NN=Cc2cccc(OCc3ccc(F)cc3)c2)n1. The summed E-state index contributed by atoms with van der Waals surface area (Å²) in [6, 6.07) is 14.9. The molecule has 0 aliphatic heterocycles. The standard InChI is InChI=1S/C19H17FN4O2/c1-13-9-18(25)23-19(22-13)24-21-11-15-3-2-4-17(10-15)26-12-14-5-7-16(20)8-6-14/h2-11H,12H2,1H3,(H2,22,23,24,25). The summed E-state index contributed by atoms with van der Waals surface area (Å²) >= 11 is 0. The molecule has 1 aromatic heterocycles. The lowest BCUT2D eigenvalue weighted by molar-refractivity contribution is 0.306. The lowest BCUT2D eigenvalue weighted by Gasteiger charge is -2.07. The van der Waals surface area contributed by atoms with Crippen molar-refractivity contribution in [2.45, 2.75) is 13.5 Å². The topological polar surface area (TPSA) is 79.4 Å². The van der Waals surface area contributed by atoms with E-state index < -0.39 is 0 Å². The first-order chi connectivity index (χ1) is 12.6. The second-order valence-electron chi connectivity index (χ2n) is 5.59. The van der Waals surface area contributed by atoms with E-state index in [9.17, 15) is 9.18 Å². The van der Waals surface area contributed by atoms with Crippen LogP contribution in [-0.4, -0.2) is 16.2 Å². The third-order valence-corrected chi connectivity index (χ3v) is 3.43. The molecule has 0 aliphatic rings. The van der Waals surface area contributed by atoms with E-state index in [0.717, 1.165) is 11.1 Å². The Labute approximate surface area is 149 Å². The summed E-state index contributed by atoms with van der Waals surface area (Å²) in [6.07, 6.45) is 1.59. The molecule has 0 spiro atoms. The number of rotatable bonds is 6. The van der Waals surface area contributed by atoms with Gasteiger partial charge in [0.05, 0.1) is 6.21 Å². The van der Waals surface area contributed by atoms with Gasteiger partial charge in [-0.05, 0) is 42.3 Å². The third-order valence-electron chi connectivity index (χ3n) is 3.43. The maximum Gasteiger partial charge on any atom is 0.252 e. The Morgan fingerprint density at radius 2 is 2.04 bits per heavy atom. The molecule has 0 unspecified atom stereocenters. The number of hydrogen-bond acceptors (Lipinski definition) is 5. The monoisotopic (exact) mass is 352 g/mol. The van der Waals surface area contributed by atoms with E-state index in [1.165, 1.54) is 18.2 Å². The van der Waals surface area contributed by atoms with E-state index in [1.807, 2.05) is 24.3 Å². The normalized spacial score (nSPS) is 10.8. The highest BCUT2D eigenvalue weighted by molar-refractivity contribution is 5.80. The van der Waals surface area contributed by atoms with Gasteiger partial charge in [-0.3, -0.25) is 9.78 Å². The lowest BCUT2D eigenvalue weighted by atomic mass is 10.2. The number of nitrogens with zero attached hydrogens (tertiary/aromatic N) is 2. The predicted octanol–water partition coefficient (Wildman–Crippen LogP) is 3.24. The van der Waals surface area contributed by atoms with Crippen molar-refractivity contribution in [3.05, 3.63) is 87.6 Å². The Morgan fingerprint density at radius 3 is 2.81 bits per heavy atom. The fourth-order valence-electron chi connectivity index (χ4n) is 2.23. The molecule has 26 heavy (non-hydrogen) atoms. The van der Waals surface area contributed by atoms with Gasteiger partial charge in [0.25, 0.3) is 5.56 Å². The van der Waals surface area contributed by atoms with E-state index >= 15 is 0 Å². The zero-order valence-electron chi connectivity index (χ0n) is 14.1. The fraction of sp³-hybridized carbons (Fsp3) is 0.105. The number of H-pyrrole nitrogens is 1. The summed E-state index contributed by atoms with van der Waals surface area (Å²) in [6.45, 7) is 2.07. The minimum atomic E-state index is -0.274. The van der Waals surface area contributed by atoms with Crippen LogP contribution in [0.25, 0.3) is 0 Å². The average molecular weight is 352 g/mol. The van der Waals surface area contributed by atoms with Crippen LogP contribution < -0.4 is 15.7 Å². The number of halogens is 1. The summed E-state index contributed by atoms with van der Waals surface area (Å²) in [5, 5.41) is 4.06. The van der Waals surface area contributed by atoms with Crippen molar-refractivity contribution >= 4 is 12.2 Å².